The SMILES string of the molecule is C#CP(=O)(Nc1ccc(C(=O)NCCCC[C@@H]2NC(=O)[C@@H](Cc3ccccc3)NC(=O)[C@H](CC(=O)O)NC(=O)CNC(=O)[C@H](CCCNC(N)N)NC2=O)cc1)OCC. The van der Waals surface area contributed by atoms with Gasteiger partial charge in [0.15, 0.2) is 0 Å². The van der Waals surface area contributed by atoms with E-state index < -0.39 is 92.4 Å². The van der Waals surface area contributed by atoms with Crippen molar-refractivity contribution in [2.24, 2.45) is 11.5 Å². The smallest absolute Gasteiger partial charge is 0.367 e. The molecule has 2 aromatic rings. The third kappa shape index (κ3) is 16.9. The van der Waals surface area contributed by atoms with Crippen LogP contribution in [0.25, 0.3) is 0 Å². The molecule has 3 rings (SSSR count). The molecule has 1 aliphatic rings. The molecule has 20 nitrogen and oxygen atoms in total. The Morgan fingerprint density at radius 2 is 1.46 bits per heavy atom. The number of rotatable bonds is 19. The largest absolute Gasteiger partial charge is 0.481 e. The number of nitrogens with two attached hydrogens (primary N) is 2. The summed E-state index contributed by atoms with van der Waals surface area (Å²) in [4.78, 5) is 91.9. The molecule has 5 atom stereocenters. The summed E-state index contributed by atoms with van der Waals surface area (Å²) >= 11 is 0. The van der Waals surface area contributed by atoms with Gasteiger partial charge in [-0.05, 0) is 75.4 Å². The Balaban J connectivity index is 1.80. The second-order valence-corrected chi connectivity index (χ2v) is 15.3. The van der Waals surface area contributed by atoms with E-state index in [9.17, 15) is 43.2 Å². The summed E-state index contributed by atoms with van der Waals surface area (Å²) in [5, 5.41) is 30.3. The van der Waals surface area contributed by atoms with Gasteiger partial charge < -0.3 is 58.1 Å². The van der Waals surface area contributed by atoms with Gasteiger partial charge in [-0.1, -0.05) is 30.3 Å². The molecule has 0 spiro atoms. The van der Waals surface area contributed by atoms with Crippen molar-refractivity contribution in [3.05, 3.63) is 65.7 Å². The van der Waals surface area contributed by atoms with Crippen molar-refractivity contribution >= 4 is 54.6 Å². The Kier molecular flexibility index (Phi) is 19.5. The van der Waals surface area contributed by atoms with Gasteiger partial charge in [0.25, 0.3) is 5.91 Å². The number of anilines is 1. The molecule has 1 aliphatic heterocycles. The molecule has 13 N–H and O–H groups in total. The third-order valence-electron chi connectivity index (χ3n) is 8.79. The van der Waals surface area contributed by atoms with E-state index in [1.165, 1.54) is 24.3 Å². The van der Waals surface area contributed by atoms with Crippen LogP contribution in [0.15, 0.2) is 54.6 Å². The molecule has 0 bridgehead atoms. The Morgan fingerprint density at radius 1 is 0.847 bits per heavy atom. The monoisotopic (exact) mass is 840 g/mol. The first-order chi connectivity index (χ1) is 28.1. The summed E-state index contributed by atoms with van der Waals surface area (Å²) in [6, 6.07) is 9.34. The highest BCUT2D eigenvalue weighted by Gasteiger charge is 2.33. The van der Waals surface area contributed by atoms with Gasteiger partial charge in [0.1, 0.15) is 30.5 Å². The minimum atomic E-state index is -3.53. The van der Waals surface area contributed by atoms with Gasteiger partial charge in [-0.15, -0.1) is 6.42 Å². The van der Waals surface area contributed by atoms with E-state index in [4.69, 9.17) is 22.4 Å². The zero-order valence-electron chi connectivity index (χ0n) is 32.7. The number of amides is 6. The topological polar surface area (TPSA) is 314 Å². The summed E-state index contributed by atoms with van der Waals surface area (Å²) in [6.45, 7) is 1.60. The number of carboxylic acids is 1. The predicted molar refractivity (Wildman–Crippen MR) is 217 cm³/mol. The van der Waals surface area contributed by atoms with Gasteiger partial charge >= 0.3 is 13.5 Å². The number of nitrogens with one attached hydrogen (secondary N) is 8. The van der Waals surface area contributed by atoms with Crippen molar-refractivity contribution < 1.29 is 47.8 Å². The van der Waals surface area contributed by atoms with E-state index in [1.807, 2.05) is 0 Å². The van der Waals surface area contributed by atoms with Crippen LogP contribution < -0.4 is 53.8 Å². The van der Waals surface area contributed by atoms with Gasteiger partial charge in [-0.25, -0.2) is 0 Å². The first-order valence-electron chi connectivity index (χ1n) is 19.0. The number of aliphatic carboxylic acids is 1. The van der Waals surface area contributed by atoms with Gasteiger partial charge in [-0.3, -0.25) is 43.4 Å². The number of benzene rings is 2. The quantitative estimate of drug-likeness (QED) is 0.0357. The molecule has 2 aromatic carbocycles. The standard InChI is InChI=1S/C38H53N10O10P/c1-3-58-59(57,4-2)48-26-17-15-25(16-18-26)33(52)41-19-9-8-13-28-35(54)45-27(14-10-20-42-38(39)40)34(53)43-23-31(49)44-30(22-32(50)51)37(56)47-29(36(55)46-28)21-24-11-6-5-7-12-24/h2,5-7,11-12,15-18,27-30,38,42H,3,8-10,13-14,19-23,39-40H2,1H3,(H,41,52)(H,43,53)(H,44,49)(H,45,54)(H,46,55)(H,47,56)(H,48,57)(H,50,51)/t27-,28-,29+,30-,59?/m0/s1. The zero-order chi connectivity index (χ0) is 43.4. The van der Waals surface area contributed by atoms with Gasteiger partial charge in [0.2, 0.25) is 29.5 Å². The average Bonchev–Trinajstić information content (AvgIpc) is 3.20. The van der Waals surface area contributed by atoms with Crippen LogP contribution in [0.4, 0.5) is 5.69 Å². The predicted octanol–water partition coefficient (Wildman–Crippen LogP) is -0.824. The highest BCUT2D eigenvalue weighted by Crippen LogP contribution is 2.45. The molecule has 6 amide bonds. The fraction of sp³-hybridized carbons (Fsp3) is 0.447. The highest BCUT2D eigenvalue weighted by molar-refractivity contribution is 7.65. The zero-order valence-corrected chi connectivity index (χ0v) is 33.6. The van der Waals surface area contributed by atoms with Gasteiger partial charge in [0.05, 0.1) is 19.6 Å². The third-order valence-corrected chi connectivity index (χ3v) is 10.3. The lowest BCUT2D eigenvalue weighted by Gasteiger charge is -2.26. The van der Waals surface area contributed by atoms with E-state index in [0.29, 0.717) is 36.1 Å². The van der Waals surface area contributed by atoms with Crippen molar-refractivity contribution in [3.8, 4) is 12.1 Å². The van der Waals surface area contributed by atoms with Crippen molar-refractivity contribution in [3.63, 3.8) is 0 Å². The average molecular weight is 841 g/mol. The molecule has 1 saturated heterocycles. The molecule has 1 fully saturated rings. The van der Waals surface area contributed by atoms with Crippen LogP contribution in [-0.2, 0) is 44.3 Å². The Hall–Kier alpha value is -5.84. The molecule has 1 unspecified atom stereocenters. The maximum absolute atomic E-state index is 13.9. The van der Waals surface area contributed by atoms with Crippen LogP contribution in [0.5, 0.6) is 0 Å². The van der Waals surface area contributed by atoms with Gasteiger partial charge in [0, 0.05) is 29.9 Å². The summed E-state index contributed by atoms with van der Waals surface area (Å²) in [7, 11) is -3.53. The first-order valence-corrected chi connectivity index (χ1v) is 20.6. The number of hydrogen-bond acceptors (Lipinski definition) is 12. The molecule has 0 radical (unpaired) electrons. The van der Waals surface area contributed by atoms with Crippen molar-refractivity contribution in [2.45, 2.75) is 82.3 Å². The molecule has 320 valence electrons. The second-order valence-electron chi connectivity index (χ2n) is 13.5. The second kappa shape index (κ2) is 24.2. The minimum absolute atomic E-state index is 0.0362. The number of carbonyl (C=O) groups excluding carboxylic acids is 6. The van der Waals surface area contributed by atoms with E-state index in [1.54, 1.807) is 37.3 Å². The fourth-order valence-corrected chi connectivity index (χ4v) is 6.89. The van der Waals surface area contributed by atoms with E-state index in [0.717, 1.165) is 0 Å². The lowest BCUT2D eigenvalue weighted by atomic mass is 10.0. The maximum Gasteiger partial charge on any atom is 0.367 e. The van der Waals surface area contributed by atoms with E-state index in [-0.39, 0.29) is 39.0 Å². The van der Waals surface area contributed by atoms with Crippen LogP contribution in [0.1, 0.15) is 61.4 Å². The lowest BCUT2D eigenvalue weighted by molar-refractivity contribution is -0.141. The van der Waals surface area contributed by atoms with Crippen LogP contribution in [0.2, 0.25) is 0 Å². The van der Waals surface area contributed by atoms with Crippen molar-refractivity contribution in [1.29, 1.82) is 0 Å². The summed E-state index contributed by atoms with van der Waals surface area (Å²) in [5.74, 6) is -5.94. The van der Waals surface area contributed by atoms with Crippen LogP contribution in [0.3, 0.4) is 0 Å². The molecule has 0 aromatic heterocycles. The normalized spacial score (nSPS) is 20.2. The Morgan fingerprint density at radius 3 is 2.08 bits per heavy atom. The molecule has 0 saturated carbocycles. The molecule has 1 heterocycles. The van der Waals surface area contributed by atoms with Crippen LogP contribution >= 0.6 is 7.52 Å². The summed E-state index contributed by atoms with van der Waals surface area (Å²) in [5.41, 5.74) is 14.5. The Labute approximate surface area is 342 Å². The summed E-state index contributed by atoms with van der Waals surface area (Å²) < 4.78 is 17.7. The molecule has 0 aliphatic carbocycles. The number of hydrogen-bond donors (Lipinski definition) is 11. The minimum Gasteiger partial charge on any atom is -0.481 e. The molecular weight excluding hydrogens is 787 g/mol. The van der Waals surface area contributed by atoms with Crippen LogP contribution in [-0.4, -0.2) is 103 Å². The molecule has 59 heavy (non-hydrogen) atoms. The Bertz CT molecular complexity index is 1860. The molecular formula is C38H53N10O10P. The highest BCUT2D eigenvalue weighted by atomic mass is 31.2. The van der Waals surface area contributed by atoms with Crippen LogP contribution in [0, 0.1) is 12.1 Å². The maximum atomic E-state index is 13.9. The van der Waals surface area contributed by atoms with Gasteiger partial charge in [-0.2, -0.15) is 0 Å². The number of carboxylic acid groups (broad SMARTS) is 1. The van der Waals surface area contributed by atoms with Crippen molar-refractivity contribution in [1.82, 2.24) is 37.2 Å². The number of terminal acetylenes is 1. The van der Waals surface area contributed by atoms with Crippen molar-refractivity contribution in [2.75, 3.05) is 31.3 Å². The first kappa shape index (κ1) is 47.5. The summed E-state index contributed by atoms with van der Waals surface area (Å²) in [6.07, 6.45) is 4.69. The number of unbranched alkanes of at least 4 members (excludes halogenated alkanes) is 1. The molecule has 21 heteroatoms. The number of carbonyl (C=O) groups is 7. The lowest BCUT2D eigenvalue weighted by Crippen LogP contribution is -2.58. The fourth-order valence-electron chi connectivity index (χ4n) is 5.84. The van der Waals surface area contributed by atoms with E-state index >= 15 is 0 Å². The van der Waals surface area contributed by atoms with E-state index in [2.05, 4.69) is 48.0 Å².